The highest BCUT2D eigenvalue weighted by Gasteiger charge is 2.28. The maximum atomic E-state index is 12.9. The molecule has 0 fully saturated rings. The predicted molar refractivity (Wildman–Crippen MR) is 112 cm³/mol. The van der Waals surface area contributed by atoms with Crippen molar-refractivity contribution in [3.05, 3.63) is 47.5 Å². The van der Waals surface area contributed by atoms with Crippen molar-refractivity contribution in [3.8, 4) is 34.1 Å². The molecule has 160 valence electrons. The molecule has 0 unspecified atom stereocenters. The van der Waals surface area contributed by atoms with Crippen LogP contribution in [0.5, 0.6) is 23.0 Å². The molecule has 1 aliphatic rings. The standard InChI is InChI=1S/C23H20O8/c1-4-29-23(26)21-15(22(24)25)7-13-9-18-19(31-11-30-18)10-14(13)20(21)12-5-6-16(27-2)17(8-12)28-3/h5-10H,4,11H2,1-3H3,(H,24,25). The average molecular weight is 424 g/mol. The molecule has 4 rings (SSSR count). The number of rotatable bonds is 6. The van der Waals surface area contributed by atoms with Gasteiger partial charge in [-0.05, 0) is 53.6 Å². The van der Waals surface area contributed by atoms with E-state index in [0.717, 1.165) is 0 Å². The lowest BCUT2D eigenvalue weighted by molar-refractivity contribution is 0.0515. The van der Waals surface area contributed by atoms with Gasteiger partial charge in [0.25, 0.3) is 0 Å². The molecule has 0 aromatic heterocycles. The van der Waals surface area contributed by atoms with Crippen molar-refractivity contribution < 1.29 is 38.4 Å². The fourth-order valence-corrected chi connectivity index (χ4v) is 3.67. The van der Waals surface area contributed by atoms with Crippen molar-refractivity contribution in [3.63, 3.8) is 0 Å². The summed E-state index contributed by atoms with van der Waals surface area (Å²) in [7, 11) is 3.01. The lowest BCUT2D eigenvalue weighted by Gasteiger charge is -2.17. The number of esters is 1. The highest BCUT2D eigenvalue weighted by atomic mass is 16.7. The third kappa shape index (κ3) is 3.46. The molecule has 0 spiro atoms. The Morgan fingerprint density at radius 3 is 2.35 bits per heavy atom. The minimum Gasteiger partial charge on any atom is -0.493 e. The molecule has 0 aliphatic carbocycles. The molecule has 1 aliphatic heterocycles. The van der Waals surface area contributed by atoms with Crippen LogP contribution < -0.4 is 18.9 Å². The van der Waals surface area contributed by atoms with Gasteiger partial charge in [-0.2, -0.15) is 0 Å². The van der Waals surface area contributed by atoms with Crippen molar-refractivity contribution in [2.24, 2.45) is 0 Å². The SMILES string of the molecule is CCOC(=O)c1c(C(=O)O)cc2cc3c(cc2c1-c1ccc(OC)c(OC)c1)OCO3. The maximum Gasteiger partial charge on any atom is 0.339 e. The van der Waals surface area contributed by atoms with Crippen LogP contribution in [0.3, 0.4) is 0 Å². The van der Waals surface area contributed by atoms with Crippen LogP contribution in [-0.4, -0.2) is 44.7 Å². The maximum absolute atomic E-state index is 12.9. The van der Waals surface area contributed by atoms with Crippen molar-refractivity contribution >= 4 is 22.7 Å². The minimum atomic E-state index is -1.25. The summed E-state index contributed by atoms with van der Waals surface area (Å²) in [5.41, 5.74) is 0.739. The van der Waals surface area contributed by atoms with E-state index in [2.05, 4.69) is 0 Å². The van der Waals surface area contributed by atoms with E-state index in [9.17, 15) is 14.7 Å². The Kier molecular flexibility index (Phi) is 5.29. The summed E-state index contributed by atoms with van der Waals surface area (Å²) in [6, 6.07) is 9.98. The summed E-state index contributed by atoms with van der Waals surface area (Å²) in [4.78, 5) is 25.0. The first-order valence-electron chi connectivity index (χ1n) is 9.51. The molecule has 31 heavy (non-hydrogen) atoms. The van der Waals surface area contributed by atoms with Crippen molar-refractivity contribution in [1.29, 1.82) is 0 Å². The molecule has 0 bridgehead atoms. The van der Waals surface area contributed by atoms with Gasteiger partial charge in [-0.15, -0.1) is 0 Å². The third-order valence-electron chi connectivity index (χ3n) is 5.02. The first-order chi connectivity index (χ1) is 15.0. The van der Waals surface area contributed by atoms with E-state index < -0.39 is 11.9 Å². The van der Waals surface area contributed by atoms with Crippen LogP contribution in [0.4, 0.5) is 0 Å². The van der Waals surface area contributed by atoms with Gasteiger partial charge in [-0.1, -0.05) is 6.07 Å². The predicted octanol–water partition coefficient (Wildman–Crippen LogP) is 4.13. The summed E-state index contributed by atoms with van der Waals surface area (Å²) in [5.74, 6) is -0.0311. The van der Waals surface area contributed by atoms with Gasteiger partial charge < -0.3 is 28.8 Å². The first kappa shape index (κ1) is 20.3. The topological polar surface area (TPSA) is 101 Å². The van der Waals surface area contributed by atoms with Gasteiger partial charge in [0, 0.05) is 5.56 Å². The van der Waals surface area contributed by atoms with E-state index >= 15 is 0 Å². The Hall–Kier alpha value is -3.94. The Labute approximate surface area is 177 Å². The van der Waals surface area contributed by atoms with Gasteiger partial charge in [0.05, 0.1) is 32.0 Å². The van der Waals surface area contributed by atoms with Crippen LogP contribution in [0.2, 0.25) is 0 Å². The lowest BCUT2D eigenvalue weighted by atomic mass is 9.89. The molecular formula is C23H20O8. The van der Waals surface area contributed by atoms with Crippen molar-refractivity contribution in [1.82, 2.24) is 0 Å². The zero-order chi connectivity index (χ0) is 22.1. The number of aromatic carboxylic acids is 1. The number of benzene rings is 3. The van der Waals surface area contributed by atoms with Crippen molar-refractivity contribution in [2.75, 3.05) is 27.6 Å². The fourth-order valence-electron chi connectivity index (χ4n) is 3.67. The largest absolute Gasteiger partial charge is 0.493 e. The molecule has 8 heteroatoms. The van der Waals surface area contributed by atoms with E-state index in [1.54, 1.807) is 37.3 Å². The monoisotopic (exact) mass is 424 g/mol. The normalized spacial score (nSPS) is 12.0. The molecule has 0 atom stereocenters. The number of hydrogen-bond acceptors (Lipinski definition) is 7. The molecule has 8 nitrogen and oxygen atoms in total. The van der Waals surface area contributed by atoms with Crippen LogP contribution in [0.1, 0.15) is 27.6 Å². The Morgan fingerprint density at radius 1 is 1.00 bits per heavy atom. The molecule has 1 N–H and O–H groups in total. The fraction of sp³-hybridized carbons (Fsp3) is 0.217. The van der Waals surface area contributed by atoms with Gasteiger partial charge in [-0.25, -0.2) is 9.59 Å². The van der Waals surface area contributed by atoms with Crippen LogP contribution in [0.15, 0.2) is 36.4 Å². The Morgan fingerprint density at radius 2 is 1.71 bits per heavy atom. The number of fused-ring (bicyclic) bond motifs is 2. The number of carbonyl (C=O) groups excluding carboxylic acids is 1. The number of carbonyl (C=O) groups is 2. The number of hydrogen-bond donors (Lipinski definition) is 1. The van der Waals surface area contributed by atoms with Crippen LogP contribution >= 0.6 is 0 Å². The molecule has 0 saturated heterocycles. The van der Waals surface area contributed by atoms with Crippen LogP contribution in [0.25, 0.3) is 21.9 Å². The zero-order valence-electron chi connectivity index (χ0n) is 17.2. The van der Waals surface area contributed by atoms with Crippen molar-refractivity contribution in [2.45, 2.75) is 6.92 Å². The number of ether oxygens (including phenoxy) is 5. The van der Waals surface area contributed by atoms with E-state index in [-0.39, 0.29) is 24.5 Å². The van der Waals surface area contributed by atoms with Crippen LogP contribution in [-0.2, 0) is 4.74 Å². The summed E-state index contributed by atoms with van der Waals surface area (Å²) in [6.45, 7) is 1.82. The Balaban J connectivity index is 2.12. The van der Waals surface area contributed by atoms with E-state index in [1.807, 2.05) is 0 Å². The highest BCUT2D eigenvalue weighted by Crippen LogP contribution is 2.44. The summed E-state index contributed by atoms with van der Waals surface area (Å²) >= 11 is 0. The van der Waals surface area contributed by atoms with Gasteiger partial charge >= 0.3 is 11.9 Å². The quantitative estimate of drug-likeness (QED) is 0.590. The molecule has 1 heterocycles. The molecule has 3 aromatic carbocycles. The molecule has 0 radical (unpaired) electrons. The smallest absolute Gasteiger partial charge is 0.339 e. The van der Waals surface area contributed by atoms with E-state index in [4.69, 9.17) is 23.7 Å². The number of carboxylic acids is 1. The molecular weight excluding hydrogens is 404 g/mol. The molecule has 0 amide bonds. The van der Waals surface area contributed by atoms with Gasteiger partial charge in [-0.3, -0.25) is 0 Å². The summed E-state index contributed by atoms with van der Waals surface area (Å²) in [5, 5.41) is 11.1. The molecule has 3 aromatic rings. The summed E-state index contributed by atoms with van der Waals surface area (Å²) in [6.07, 6.45) is 0. The summed E-state index contributed by atoms with van der Waals surface area (Å²) < 4.78 is 26.9. The van der Waals surface area contributed by atoms with Gasteiger partial charge in [0.1, 0.15) is 0 Å². The van der Waals surface area contributed by atoms with Crippen LogP contribution in [0, 0.1) is 0 Å². The second-order valence-corrected chi connectivity index (χ2v) is 6.70. The lowest BCUT2D eigenvalue weighted by Crippen LogP contribution is -2.14. The second kappa shape index (κ2) is 8.06. The number of methoxy groups -OCH3 is 2. The van der Waals surface area contributed by atoms with Gasteiger partial charge in [0.2, 0.25) is 6.79 Å². The number of carboxylic acid groups (broad SMARTS) is 1. The zero-order valence-corrected chi connectivity index (χ0v) is 17.2. The van der Waals surface area contributed by atoms with Gasteiger partial charge in [0.15, 0.2) is 23.0 Å². The third-order valence-corrected chi connectivity index (χ3v) is 5.02. The average Bonchev–Trinajstić information content (AvgIpc) is 3.23. The molecule has 0 saturated carbocycles. The second-order valence-electron chi connectivity index (χ2n) is 6.70. The van der Waals surface area contributed by atoms with E-state index in [0.29, 0.717) is 44.9 Å². The first-order valence-corrected chi connectivity index (χ1v) is 9.51. The Bertz CT molecular complexity index is 1200. The highest BCUT2D eigenvalue weighted by molar-refractivity contribution is 6.15. The minimum absolute atomic E-state index is 0.0482. The van der Waals surface area contributed by atoms with E-state index in [1.165, 1.54) is 20.3 Å².